The van der Waals surface area contributed by atoms with E-state index in [1.807, 2.05) is 54.2 Å². The molecule has 2 atom stereocenters. The summed E-state index contributed by atoms with van der Waals surface area (Å²) in [5, 5.41) is 35.9. The minimum absolute atomic E-state index is 0.0538. The fourth-order valence-electron chi connectivity index (χ4n) is 3.92. The number of nitrogens with zero attached hydrogens (tertiary/aromatic N) is 4. The lowest BCUT2D eigenvalue weighted by atomic mass is 9.79. The molecule has 3 aromatic rings. The zero-order valence-corrected chi connectivity index (χ0v) is 18.3. The van der Waals surface area contributed by atoms with Gasteiger partial charge in [-0.1, -0.05) is 30.3 Å². The van der Waals surface area contributed by atoms with Crippen LogP contribution in [0.1, 0.15) is 22.3 Å². The van der Waals surface area contributed by atoms with Gasteiger partial charge in [0.05, 0.1) is 6.04 Å². The summed E-state index contributed by atoms with van der Waals surface area (Å²) >= 11 is 0. The SMILES string of the molecule is CN(C)[C@@H]1CN(C(=O)c2ccc3n[nH]nc3c2)CC[C@]1(O)c1ccccc1.O=CO.O=CO. The van der Waals surface area contributed by atoms with Crippen LogP contribution in [0.2, 0.25) is 0 Å². The van der Waals surface area contributed by atoms with Crippen molar-refractivity contribution in [3.8, 4) is 0 Å². The second kappa shape index (κ2) is 11.7. The van der Waals surface area contributed by atoms with E-state index in [1.54, 1.807) is 18.2 Å². The molecule has 1 aliphatic heterocycles. The maximum atomic E-state index is 13.0. The fourth-order valence-corrected chi connectivity index (χ4v) is 3.92. The average molecular weight is 457 g/mol. The van der Waals surface area contributed by atoms with Crippen LogP contribution in [0.4, 0.5) is 0 Å². The summed E-state index contributed by atoms with van der Waals surface area (Å²) in [7, 11) is 3.88. The lowest BCUT2D eigenvalue weighted by molar-refractivity contribution is -0.123. The third kappa shape index (κ3) is 5.90. The summed E-state index contributed by atoms with van der Waals surface area (Å²) in [6.45, 7) is 0.444. The van der Waals surface area contributed by atoms with Crippen molar-refractivity contribution in [3.05, 3.63) is 59.7 Å². The molecule has 2 heterocycles. The van der Waals surface area contributed by atoms with Crippen molar-refractivity contribution < 1.29 is 29.7 Å². The van der Waals surface area contributed by atoms with E-state index < -0.39 is 5.60 Å². The highest BCUT2D eigenvalue weighted by molar-refractivity contribution is 5.97. The van der Waals surface area contributed by atoms with Crippen molar-refractivity contribution >= 4 is 29.9 Å². The van der Waals surface area contributed by atoms with E-state index in [-0.39, 0.29) is 24.9 Å². The number of carbonyl (C=O) groups excluding carboxylic acids is 1. The second-order valence-electron chi connectivity index (χ2n) is 7.51. The summed E-state index contributed by atoms with van der Waals surface area (Å²) in [6.07, 6.45) is 0.484. The van der Waals surface area contributed by atoms with E-state index >= 15 is 0 Å². The van der Waals surface area contributed by atoms with Gasteiger partial charge in [0, 0.05) is 18.7 Å². The zero-order chi connectivity index (χ0) is 24.4. The molecule has 1 saturated heterocycles. The number of carboxylic acid groups (broad SMARTS) is 2. The first-order chi connectivity index (χ1) is 15.8. The van der Waals surface area contributed by atoms with Crippen LogP contribution in [0.3, 0.4) is 0 Å². The van der Waals surface area contributed by atoms with Crippen LogP contribution in [-0.4, -0.2) is 92.6 Å². The number of benzene rings is 2. The van der Waals surface area contributed by atoms with Crippen molar-refractivity contribution in [2.45, 2.75) is 18.1 Å². The standard InChI is InChI=1S/C20H23N5O2.2CH2O2/c1-24(2)18-13-25(11-10-20(18,27)15-6-4-3-5-7-15)19(26)14-8-9-16-17(12-14)22-23-21-16;2*2-1-3/h3-9,12,18,27H,10-11,13H2,1-2H3,(H,21,22,23);2*1H,(H,2,3)/t18-,20+;;/m1../s1. The number of rotatable bonds is 3. The Morgan fingerprint density at radius 2 is 1.70 bits per heavy atom. The van der Waals surface area contributed by atoms with Gasteiger partial charge in [0.2, 0.25) is 0 Å². The highest BCUT2D eigenvalue weighted by atomic mass is 16.3. The van der Waals surface area contributed by atoms with Crippen LogP contribution in [-0.2, 0) is 15.2 Å². The number of carbonyl (C=O) groups is 3. The van der Waals surface area contributed by atoms with Crippen LogP contribution >= 0.6 is 0 Å². The number of hydrogen-bond donors (Lipinski definition) is 4. The first kappa shape index (κ1) is 25.4. The lowest BCUT2D eigenvalue weighted by Crippen LogP contribution is -2.60. The Bertz CT molecular complexity index is 1050. The van der Waals surface area contributed by atoms with Gasteiger partial charge < -0.3 is 25.1 Å². The Kier molecular flexibility index (Phi) is 9.01. The van der Waals surface area contributed by atoms with Gasteiger partial charge in [0.25, 0.3) is 18.9 Å². The van der Waals surface area contributed by atoms with Gasteiger partial charge in [-0.05, 0) is 44.3 Å². The topological polar surface area (TPSA) is 160 Å². The number of hydrogen-bond acceptors (Lipinski definition) is 7. The maximum Gasteiger partial charge on any atom is 0.290 e. The quantitative estimate of drug-likeness (QED) is 0.421. The third-order valence-electron chi connectivity index (χ3n) is 5.45. The van der Waals surface area contributed by atoms with Crippen molar-refractivity contribution in [1.82, 2.24) is 25.2 Å². The molecule has 33 heavy (non-hydrogen) atoms. The van der Waals surface area contributed by atoms with Gasteiger partial charge in [-0.2, -0.15) is 15.4 Å². The Labute approximate surface area is 190 Å². The Morgan fingerprint density at radius 1 is 1.09 bits per heavy atom. The van der Waals surface area contributed by atoms with Crippen molar-refractivity contribution in [3.63, 3.8) is 0 Å². The van der Waals surface area contributed by atoms with Crippen LogP contribution in [0.15, 0.2) is 48.5 Å². The fraction of sp³-hybridized carbons (Fsp3) is 0.318. The molecule has 1 aromatic heterocycles. The minimum atomic E-state index is -0.988. The summed E-state index contributed by atoms with van der Waals surface area (Å²) in [5.74, 6) is -0.0538. The summed E-state index contributed by atoms with van der Waals surface area (Å²) in [6, 6.07) is 14.8. The van der Waals surface area contributed by atoms with Gasteiger partial charge in [-0.25, -0.2) is 0 Å². The number of piperidine rings is 1. The molecule has 4 N–H and O–H groups in total. The second-order valence-corrected chi connectivity index (χ2v) is 7.51. The van der Waals surface area contributed by atoms with Gasteiger partial charge in [-0.3, -0.25) is 14.4 Å². The third-order valence-corrected chi connectivity index (χ3v) is 5.45. The summed E-state index contributed by atoms with van der Waals surface area (Å²) in [5.41, 5.74) is 1.88. The molecule has 1 aliphatic rings. The number of nitrogens with one attached hydrogen (secondary N) is 1. The lowest BCUT2D eigenvalue weighted by Gasteiger charge is -2.47. The first-order valence-electron chi connectivity index (χ1n) is 10.0. The van der Waals surface area contributed by atoms with Crippen LogP contribution in [0.5, 0.6) is 0 Å². The number of likely N-dealkylation sites (tertiary alicyclic amines) is 1. The molecule has 0 radical (unpaired) electrons. The highest BCUT2D eigenvalue weighted by Crippen LogP contribution is 2.35. The molecule has 11 heteroatoms. The molecule has 4 rings (SSSR count). The molecule has 1 fully saturated rings. The number of aromatic nitrogens is 3. The van der Waals surface area contributed by atoms with Crippen molar-refractivity contribution in [1.29, 1.82) is 0 Å². The molecule has 0 saturated carbocycles. The summed E-state index contributed by atoms with van der Waals surface area (Å²) in [4.78, 5) is 33.6. The van der Waals surface area contributed by atoms with Crippen LogP contribution in [0, 0.1) is 0 Å². The molecule has 176 valence electrons. The molecular weight excluding hydrogens is 430 g/mol. The van der Waals surface area contributed by atoms with Gasteiger partial charge in [-0.15, -0.1) is 0 Å². The van der Waals surface area contributed by atoms with E-state index in [1.165, 1.54) is 0 Å². The summed E-state index contributed by atoms with van der Waals surface area (Å²) < 4.78 is 0. The Balaban J connectivity index is 0.000000582. The molecule has 0 spiro atoms. The van der Waals surface area contributed by atoms with E-state index in [0.717, 1.165) is 11.1 Å². The minimum Gasteiger partial charge on any atom is -0.483 e. The van der Waals surface area contributed by atoms with Crippen molar-refractivity contribution in [2.24, 2.45) is 0 Å². The molecule has 2 aromatic carbocycles. The molecule has 0 bridgehead atoms. The highest BCUT2D eigenvalue weighted by Gasteiger charge is 2.45. The Morgan fingerprint density at radius 3 is 2.30 bits per heavy atom. The molecular formula is C22H27N5O6. The number of aliphatic hydroxyl groups is 1. The van der Waals surface area contributed by atoms with Gasteiger partial charge in [0.15, 0.2) is 0 Å². The number of likely N-dealkylation sites (N-methyl/N-ethyl adjacent to an activating group) is 1. The number of amides is 1. The van der Waals surface area contributed by atoms with Crippen LogP contribution < -0.4 is 0 Å². The number of aromatic amines is 1. The van der Waals surface area contributed by atoms with Gasteiger partial charge in [0.1, 0.15) is 16.6 Å². The molecule has 0 unspecified atom stereocenters. The normalized spacial score (nSPS) is 19.6. The monoisotopic (exact) mass is 457 g/mol. The number of fused-ring (bicyclic) bond motifs is 1. The maximum absolute atomic E-state index is 13.0. The zero-order valence-electron chi connectivity index (χ0n) is 18.3. The first-order valence-corrected chi connectivity index (χ1v) is 10.0. The number of H-pyrrole nitrogens is 1. The predicted molar refractivity (Wildman–Crippen MR) is 120 cm³/mol. The Hall–Kier alpha value is -3.83. The molecule has 1 amide bonds. The molecule has 0 aliphatic carbocycles. The molecule has 11 nitrogen and oxygen atoms in total. The van der Waals surface area contributed by atoms with E-state index in [2.05, 4.69) is 15.4 Å². The van der Waals surface area contributed by atoms with E-state index in [4.69, 9.17) is 19.8 Å². The van der Waals surface area contributed by atoms with E-state index in [9.17, 15) is 9.90 Å². The largest absolute Gasteiger partial charge is 0.483 e. The van der Waals surface area contributed by atoms with Crippen LogP contribution in [0.25, 0.3) is 11.0 Å². The van der Waals surface area contributed by atoms with E-state index in [0.29, 0.717) is 30.6 Å². The van der Waals surface area contributed by atoms with Crippen molar-refractivity contribution in [2.75, 3.05) is 27.2 Å². The van der Waals surface area contributed by atoms with Gasteiger partial charge >= 0.3 is 0 Å². The smallest absolute Gasteiger partial charge is 0.290 e. The average Bonchev–Trinajstić information content (AvgIpc) is 3.28. The predicted octanol–water partition coefficient (Wildman–Crippen LogP) is 1.02.